The molecular formula is C12H23F3N2O. The highest BCUT2D eigenvalue weighted by molar-refractivity contribution is 4.99. The summed E-state index contributed by atoms with van der Waals surface area (Å²) in [6, 6.07) is 0. The fourth-order valence-corrected chi connectivity index (χ4v) is 2.23. The van der Waals surface area contributed by atoms with E-state index in [4.69, 9.17) is 0 Å². The molecule has 0 bridgehead atoms. The van der Waals surface area contributed by atoms with Crippen LogP contribution in [0.3, 0.4) is 0 Å². The van der Waals surface area contributed by atoms with Crippen LogP contribution in [-0.4, -0.2) is 48.6 Å². The largest absolute Gasteiger partial charge is 0.522 e. The van der Waals surface area contributed by atoms with Crippen molar-refractivity contribution in [2.75, 3.05) is 26.2 Å². The summed E-state index contributed by atoms with van der Waals surface area (Å²) in [7, 11) is 0. The van der Waals surface area contributed by atoms with Crippen molar-refractivity contribution in [1.82, 2.24) is 10.2 Å². The molecule has 1 unspecified atom stereocenters. The second-order valence-electron chi connectivity index (χ2n) is 5.80. The Balaban J connectivity index is 2.57. The van der Waals surface area contributed by atoms with E-state index < -0.39 is 6.36 Å². The summed E-state index contributed by atoms with van der Waals surface area (Å²) < 4.78 is 39.8. The maximum absolute atomic E-state index is 12.0. The van der Waals surface area contributed by atoms with Crippen molar-refractivity contribution in [2.24, 2.45) is 0 Å². The summed E-state index contributed by atoms with van der Waals surface area (Å²) in [5, 5.41) is 3.43. The second-order valence-corrected chi connectivity index (χ2v) is 5.80. The zero-order chi connectivity index (χ0) is 14.0. The van der Waals surface area contributed by atoms with E-state index in [1.54, 1.807) is 0 Å². The molecule has 0 aliphatic carbocycles. The van der Waals surface area contributed by atoms with E-state index in [1.165, 1.54) is 0 Å². The molecular weight excluding hydrogens is 245 g/mol. The van der Waals surface area contributed by atoms with Crippen LogP contribution in [0.25, 0.3) is 0 Å². The van der Waals surface area contributed by atoms with E-state index in [9.17, 15) is 13.2 Å². The summed E-state index contributed by atoms with van der Waals surface area (Å²) in [4.78, 5) is 2.09. The second kappa shape index (κ2) is 5.35. The fourth-order valence-electron chi connectivity index (χ4n) is 2.23. The Morgan fingerprint density at radius 2 is 1.89 bits per heavy atom. The van der Waals surface area contributed by atoms with Crippen LogP contribution in [0.4, 0.5) is 13.2 Å². The van der Waals surface area contributed by atoms with Crippen LogP contribution in [0, 0.1) is 0 Å². The van der Waals surface area contributed by atoms with Crippen LogP contribution >= 0.6 is 0 Å². The average molecular weight is 268 g/mol. The molecule has 0 aromatic carbocycles. The lowest BCUT2D eigenvalue weighted by Gasteiger charge is -2.51. The predicted octanol–water partition coefficient (Wildman–Crippen LogP) is 2.38. The molecule has 1 saturated heterocycles. The molecule has 0 saturated carbocycles. The first-order valence-corrected chi connectivity index (χ1v) is 6.29. The van der Waals surface area contributed by atoms with Crippen molar-refractivity contribution in [3.8, 4) is 0 Å². The smallest absolute Gasteiger partial charge is 0.309 e. The molecule has 0 amide bonds. The zero-order valence-electron chi connectivity index (χ0n) is 11.5. The summed E-state index contributed by atoms with van der Waals surface area (Å²) >= 11 is 0. The van der Waals surface area contributed by atoms with Crippen LogP contribution in [0.1, 0.15) is 34.1 Å². The average Bonchev–Trinajstić information content (AvgIpc) is 2.21. The molecule has 6 heteroatoms. The minimum Gasteiger partial charge on any atom is -0.309 e. The number of piperazine rings is 1. The molecule has 1 aliphatic heterocycles. The van der Waals surface area contributed by atoms with Gasteiger partial charge in [-0.25, -0.2) is 0 Å². The molecule has 0 aromatic heterocycles. The Morgan fingerprint density at radius 1 is 1.28 bits per heavy atom. The van der Waals surface area contributed by atoms with Gasteiger partial charge in [-0.15, -0.1) is 13.2 Å². The first kappa shape index (κ1) is 15.7. The summed E-state index contributed by atoms with van der Waals surface area (Å²) in [5.74, 6) is 0. The molecule has 0 radical (unpaired) electrons. The van der Waals surface area contributed by atoms with E-state index in [0.29, 0.717) is 6.54 Å². The number of alkyl halides is 3. The van der Waals surface area contributed by atoms with Crippen LogP contribution in [0.2, 0.25) is 0 Å². The molecule has 1 atom stereocenters. The van der Waals surface area contributed by atoms with Gasteiger partial charge in [-0.1, -0.05) is 6.92 Å². The van der Waals surface area contributed by atoms with Gasteiger partial charge in [-0.05, 0) is 27.2 Å². The lowest BCUT2D eigenvalue weighted by Crippen LogP contribution is -2.67. The molecule has 0 spiro atoms. The fraction of sp³-hybridized carbons (Fsp3) is 1.00. The van der Waals surface area contributed by atoms with E-state index in [-0.39, 0.29) is 17.7 Å². The van der Waals surface area contributed by atoms with Crippen molar-refractivity contribution >= 4 is 0 Å². The van der Waals surface area contributed by atoms with Gasteiger partial charge in [0, 0.05) is 30.7 Å². The number of halogens is 3. The molecule has 1 heterocycles. The first-order chi connectivity index (χ1) is 8.08. The van der Waals surface area contributed by atoms with Crippen LogP contribution in [0.5, 0.6) is 0 Å². The quantitative estimate of drug-likeness (QED) is 0.847. The molecule has 108 valence electrons. The molecule has 18 heavy (non-hydrogen) atoms. The lowest BCUT2D eigenvalue weighted by atomic mass is 9.88. The van der Waals surface area contributed by atoms with E-state index >= 15 is 0 Å². The van der Waals surface area contributed by atoms with E-state index in [1.807, 2.05) is 0 Å². The topological polar surface area (TPSA) is 24.5 Å². The van der Waals surface area contributed by atoms with Crippen molar-refractivity contribution in [3.63, 3.8) is 0 Å². The van der Waals surface area contributed by atoms with Gasteiger partial charge in [0.05, 0.1) is 6.61 Å². The highest BCUT2D eigenvalue weighted by Gasteiger charge is 2.39. The monoisotopic (exact) mass is 268 g/mol. The lowest BCUT2D eigenvalue weighted by molar-refractivity contribution is -0.325. The van der Waals surface area contributed by atoms with E-state index in [0.717, 1.165) is 19.5 Å². The Labute approximate surface area is 107 Å². The third kappa shape index (κ3) is 4.40. The van der Waals surface area contributed by atoms with Crippen LogP contribution < -0.4 is 5.32 Å². The third-order valence-electron chi connectivity index (χ3n) is 3.69. The highest BCUT2D eigenvalue weighted by Crippen LogP contribution is 2.26. The maximum Gasteiger partial charge on any atom is 0.522 e. The normalized spacial score (nSPS) is 29.5. The zero-order valence-corrected chi connectivity index (χ0v) is 11.5. The highest BCUT2D eigenvalue weighted by atomic mass is 19.4. The van der Waals surface area contributed by atoms with Crippen molar-refractivity contribution in [2.45, 2.75) is 51.6 Å². The van der Waals surface area contributed by atoms with Crippen molar-refractivity contribution < 1.29 is 17.9 Å². The number of nitrogens with one attached hydrogen (secondary N) is 1. The Bertz CT molecular complexity index is 281. The molecule has 1 aliphatic rings. The van der Waals surface area contributed by atoms with Crippen LogP contribution in [0.15, 0.2) is 0 Å². The van der Waals surface area contributed by atoms with Gasteiger partial charge in [0.15, 0.2) is 0 Å². The van der Waals surface area contributed by atoms with Gasteiger partial charge >= 0.3 is 6.36 Å². The first-order valence-electron chi connectivity index (χ1n) is 6.29. The minimum atomic E-state index is -4.54. The van der Waals surface area contributed by atoms with Gasteiger partial charge < -0.3 is 5.32 Å². The molecule has 1 N–H and O–H groups in total. The number of hydrogen-bond acceptors (Lipinski definition) is 3. The molecule has 0 aromatic rings. The number of ether oxygens (including phenoxy) is 1. The van der Waals surface area contributed by atoms with Gasteiger partial charge in [0.1, 0.15) is 0 Å². The summed E-state index contributed by atoms with van der Waals surface area (Å²) in [6.07, 6.45) is -3.64. The SMILES string of the molecule is CCC1(C)CNC(C)(C)CN1CCOC(F)(F)F. The molecule has 1 rings (SSSR count). The van der Waals surface area contributed by atoms with Crippen LogP contribution in [-0.2, 0) is 4.74 Å². The summed E-state index contributed by atoms with van der Waals surface area (Å²) in [5.41, 5.74) is -0.183. The standard InChI is InChI=1S/C12H23F3N2O/c1-5-11(4)8-16-10(2,3)9-17(11)6-7-18-12(13,14)15/h16H,5-9H2,1-4H3. The Kier molecular flexibility index (Phi) is 4.67. The maximum atomic E-state index is 12.0. The number of nitrogens with zero attached hydrogens (tertiary/aromatic N) is 1. The van der Waals surface area contributed by atoms with E-state index in [2.05, 4.69) is 42.6 Å². The van der Waals surface area contributed by atoms with Gasteiger partial charge in [0.2, 0.25) is 0 Å². The minimum absolute atomic E-state index is 0.0765. The predicted molar refractivity (Wildman–Crippen MR) is 64.4 cm³/mol. The third-order valence-corrected chi connectivity index (χ3v) is 3.69. The van der Waals surface area contributed by atoms with Gasteiger partial charge in [-0.3, -0.25) is 9.64 Å². The Hall–Kier alpha value is -0.330. The number of hydrogen-bond donors (Lipinski definition) is 1. The number of rotatable bonds is 4. The van der Waals surface area contributed by atoms with Crippen molar-refractivity contribution in [3.05, 3.63) is 0 Å². The van der Waals surface area contributed by atoms with Gasteiger partial charge in [-0.2, -0.15) is 0 Å². The molecule has 3 nitrogen and oxygen atoms in total. The van der Waals surface area contributed by atoms with Gasteiger partial charge in [0.25, 0.3) is 0 Å². The molecule has 1 fully saturated rings. The Morgan fingerprint density at radius 3 is 2.39 bits per heavy atom. The summed E-state index contributed by atoms with van der Waals surface area (Å²) in [6.45, 7) is 9.73. The van der Waals surface area contributed by atoms with Crippen molar-refractivity contribution in [1.29, 1.82) is 0 Å².